The highest BCUT2D eigenvalue weighted by molar-refractivity contribution is 4.66. The van der Waals surface area contributed by atoms with Gasteiger partial charge in [-0.2, -0.15) is 0 Å². The normalized spacial score (nSPS) is 12.0. The molecule has 0 spiro atoms. The lowest BCUT2D eigenvalue weighted by Gasteiger charge is -2.23. The van der Waals surface area contributed by atoms with Crippen LogP contribution in [0.15, 0.2) is 0 Å². The molecule has 0 aromatic rings. The van der Waals surface area contributed by atoms with Crippen LogP contribution >= 0.6 is 0 Å². The van der Waals surface area contributed by atoms with E-state index in [1.54, 1.807) is 0 Å². The Bertz CT molecular complexity index is 64.1. The molecule has 0 saturated carbocycles. The zero-order chi connectivity index (χ0) is 8.15. The second-order valence-electron chi connectivity index (χ2n) is 3.79. The third-order valence-electron chi connectivity index (χ3n) is 2.25. The molecule has 0 rings (SSSR count). The van der Waals surface area contributed by atoms with Gasteiger partial charge in [0.2, 0.25) is 0 Å². The summed E-state index contributed by atoms with van der Waals surface area (Å²) in [7, 11) is 0. The fourth-order valence-electron chi connectivity index (χ4n) is 1.67. The van der Waals surface area contributed by atoms with Crippen molar-refractivity contribution in [3.8, 4) is 0 Å². The Morgan fingerprint density at radius 1 is 1.00 bits per heavy atom. The zero-order valence-electron chi connectivity index (χ0n) is 7.85. The molecule has 0 bridgehead atoms. The van der Waals surface area contributed by atoms with Crippen LogP contribution in [0.3, 0.4) is 0 Å². The third kappa shape index (κ3) is 3.24. The zero-order valence-corrected chi connectivity index (χ0v) is 7.85. The Morgan fingerprint density at radius 3 is 1.50 bits per heavy atom. The van der Waals surface area contributed by atoms with Gasteiger partial charge < -0.3 is 0 Å². The summed E-state index contributed by atoms with van der Waals surface area (Å²) in [6.07, 6.45) is 2.37. The predicted molar refractivity (Wildman–Crippen MR) is 47.8 cm³/mol. The van der Waals surface area contributed by atoms with Crippen molar-refractivity contribution in [3.05, 3.63) is 6.92 Å². The smallest absolute Gasteiger partial charge is 0.0368 e. The van der Waals surface area contributed by atoms with Crippen molar-refractivity contribution in [1.82, 2.24) is 0 Å². The van der Waals surface area contributed by atoms with E-state index in [9.17, 15) is 0 Å². The fourth-order valence-corrected chi connectivity index (χ4v) is 1.67. The van der Waals surface area contributed by atoms with Gasteiger partial charge in [-0.1, -0.05) is 41.0 Å². The lowest BCUT2D eigenvalue weighted by molar-refractivity contribution is 0.271. The topological polar surface area (TPSA) is 0 Å². The monoisotopic (exact) mass is 141 g/mol. The molecule has 10 heavy (non-hydrogen) atoms. The fraction of sp³-hybridized carbons (Fsp3) is 0.900. The Kier molecular flexibility index (Phi) is 4.76. The molecule has 0 aliphatic rings. The molecule has 0 atom stereocenters. The van der Waals surface area contributed by atoms with Crippen LogP contribution in [-0.2, 0) is 0 Å². The summed E-state index contributed by atoms with van der Waals surface area (Å²) < 4.78 is 0. The van der Waals surface area contributed by atoms with Crippen molar-refractivity contribution in [2.45, 2.75) is 40.5 Å². The molecule has 0 N–H and O–H groups in total. The summed E-state index contributed by atoms with van der Waals surface area (Å²) in [6.45, 7) is 13.1. The minimum absolute atomic E-state index is 0.821. The molecule has 0 unspecified atom stereocenters. The first kappa shape index (κ1) is 10.0. The summed E-state index contributed by atoms with van der Waals surface area (Å²) >= 11 is 0. The highest BCUT2D eigenvalue weighted by Crippen LogP contribution is 2.24. The summed E-state index contributed by atoms with van der Waals surface area (Å²) in [5.74, 6) is 2.51. The lowest BCUT2D eigenvalue weighted by atomic mass is 9.82. The van der Waals surface area contributed by atoms with E-state index in [2.05, 4.69) is 34.6 Å². The van der Waals surface area contributed by atoms with E-state index >= 15 is 0 Å². The number of hydrogen-bond donors (Lipinski definition) is 0. The van der Waals surface area contributed by atoms with Gasteiger partial charge in [0, 0.05) is 0 Å². The second-order valence-corrected chi connectivity index (χ2v) is 3.79. The molecule has 0 heteroatoms. The quantitative estimate of drug-likeness (QED) is 0.562. The number of rotatable bonds is 4. The van der Waals surface area contributed by atoms with E-state index in [-0.39, 0.29) is 0 Å². The third-order valence-corrected chi connectivity index (χ3v) is 2.25. The van der Waals surface area contributed by atoms with Gasteiger partial charge in [0.15, 0.2) is 0 Å². The van der Waals surface area contributed by atoms with Crippen molar-refractivity contribution in [3.63, 3.8) is 0 Å². The maximum atomic E-state index is 3.89. The molecule has 0 aromatic heterocycles. The molecule has 0 saturated heterocycles. The molecule has 0 aliphatic carbocycles. The van der Waals surface area contributed by atoms with Crippen LogP contribution in [0.1, 0.15) is 40.5 Å². The van der Waals surface area contributed by atoms with Gasteiger partial charge in [-0.05, 0) is 24.2 Å². The first-order chi connectivity index (χ1) is 4.59. The Labute approximate surface area is 66.0 Å². The SMILES string of the molecule is [CH2]CCC(C(C)C)C(C)C. The minimum Gasteiger partial charge on any atom is -0.0625 e. The van der Waals surface area contributed by atoms with Crippen molar-refractivity contribution in [2.75, 3.05) is 0 Å². The molecule has 1 radical (unpaired) electrons. The van der Waals surface area contributed by atoms with E-state index in [1.807, 2.05) is 0 Å². The molecule has 0 fully saturated rings. The van der Waals surface area contributed by atoms with Gasteiger partial charge in [0.25, 0.3) is 0 Å². The van der Waals surface area contributed by atoms with Crippen LogP contribution in [0.4, 0.5) is 0 Å². The average Bonchev–Trinajstić information content (AvgIpc) is 1.81. The molecular weight excluding hydrogens is 120 g/mol. The first-order valence-corrected chi connectivity index (χ1v) is 4.38. The van der Waals surface area contributed by atoms with Gasteiger partial charge in [-0.25, -0.2) is 0 Å². The van der Waals surface area contributed by atoms with Crippen LogP contribution < -0.4 is 0 Å². The van der Waals surface area contributed by atoms with Gasteiger partial charge in [0.05, 0.1) is 0 Å². The molecule has 61 valence electrons. The van der Waals surface area contributed by atoms with E-state index in [1.165, 1.54) is 6.42 Å². The predicted octanol–water partition coefficient (Wildman–Crippen LogP) is 3.53. The minimum atomic E-state index is 0.821. The van der Waals surface area contributed by atoms with Crippen LogP contribution in [0, 0.1) is 24.7 Å². The Hall–Kier alpha value is 0. The Balaban J connectivity index is 3.73. The highest BCUT2D eigenvalue weighted by atomic mass is 14.2. The Morgan fingerprint density at radius 2 is 1.40 bits per heavy atom. The van der Waals surface area contributed by atoms with Crippen molar-refractivity contribution in [1.29, 1.82) is 0 Å². The van der Waals surface area contributed by atoms with Crippen molar-refractivity contribution < 1.29 is 0 Å². The molecule has 0 amide bonds. The molecular formula is C10H21. The van der Waals surface area contributed by atoms with E-state index in [4.69, 9.17) is 0 Å². The molecule has 0 aliphatic heterocycles. The van der Waals surface area contributed by atoms with Gasteiger partial charge in [0.1, 0.15) is 0 Å². The summed E-state index contributed by atoms with van der Waals surface area (Å²) in [6, 6.07) is 0. The highest BCUT2D eigenvalue weighted by Gasteiger charge is 2.15. The van der Waals surface area contributed by atoms with E-state index in [0.717, 1.165) is 24.2 Å². The van der Waals surface area contributed by atoms with E-state index < -0.39 is 0 Å². The second kappa shape index (κ2) is 4.76. The maximum absolute atomic E-state index is 3.89. The molecule has 0 heterocycles. The summed E-state index contributed by atoms with van der Waals surface area (Å²) in [5.41, 5.74) is 0. The molecule has 0 nitrogen and oxygen atoms in total. The van der Waals surface area contributed by atoms with Crippen LogP contribution in [0.25, 0.3) is 0 Å². The van der Waals surface area contributed by atoms with Crippen LogP contribution in [-0.4, -0.2) is 0 Å². The lowest BCUT2D eigenvalue weighted by Crippen LogP contribution is -2.14. The van der Waals surface area contributed by atoms with Crippen LogP contribution in [0.2, 0.25) is 0 Å². The van der Waals surface area contributed by atoms with Crippen LogP contribution in [0.5, 0.6) is 0 Å². The van der Waals surface area contributed by atoms with E-state index in [0.29, 0.717) is 0 Å². The van der Waals surface area contributed by atoms with Gasteiger partial charge in [-0.3, -0.25) is 0 Å². The standard InChI is InChI=1S/C10H21/c1-6-7-10(8(2)3)9(4)5/h8-10H,1,6-7H2,2-5H3. The van der Waals surface area contributed by atoms with Crippen molar-refractivity contribution in [2.24, 2.45) is 17.8 Å². The summed E-state index contributed by atoms with van der Waals surface area (Å²) in [5, 5.41) is 0. The van der Waals surface area contributed by atoms with Crippen molar-refractivity contribution >= 4 is 0 Å². The largest absolute Gasteiger partial charge is 0.0625 e. The first-order valence-electron chi connectivity index (χ1n) is 4.38. The summed E-state index contributed by atoms with van der Waals surface area (Å²) in [4.78, 5) is 0. The molecule has 0 aromatic carbocycles. The maximum Gasteiger partial charge on any atom is -0.0368 e. The number of hydrogen-bond acceptors (Lipinski definition) is 0. The average molecular weight is 141 g/mol. The van der Waals surface area contributed by atoms with Gasteiger partial charge in [-0.15, -0.1) is 0 Å². The van der Waals surface area contributed by atoms with Gasteiger partial charge >= 0.3 is 0 Å².